The van der Waals surface area contributed by atoms with Crippen LogP contribution in [0, 0.1) is 0 Å². The molecule has 0 bridgehead atoms. The first kappa shape index (κ1) is 27.6. The molecule has 0 saturated carbocycles. The van der Waals surface area contributed by atoms with Crippen LogP contribution in [-0.4, -0.2) is 54.2 Å². The van der Waals surface area contributed by atoms with E-state index in [9.17, 15) is 28.3 Å². The smallest absolute Gasteiger partial charge is 0.383 e. The summed E-state index contributed by atoms with van der Waals surface area (Å²) in [6.45, 7) is 0.536. The van der Waals surface area contributed by atoms with Crippen molar-refractivity contribution >= 4 is 29.3 Å². The van der Waals surface area contributed by atoms with Crippen molar-refractivity contribution in [3.05, 3.63) is 33.2 Å². The number of ether oxygens (including phenoxy) is 2. The number of nitrogen functional groups attached to an aromatic ring is 1. The zero-order valence-electron chi connectivity index (χ0n) is 16.5. The zero-order chi connectivity index (χ0) is 25.0. The molecule has 4 unspecified atom stereocenters. The quantitative estimate of drug-likeness (QED) is 0.111. The number of anilines is 1. The SMILES string of the molecule is C[C@H](N=[N+]=[N-])O[C@@H]1CC(n2ccc(N)nc2=O)OC1COP(=O)(O)OP(=O)(O)OP(=O)(O)O. The molecule has 1 saturated heterocycles. The van der Waals surface area contributed by atoms with Crippen molar-refractivity contribution in [1.82, 2.24) is 9.55 Å². The van der Waals surface area contributed by atoms with E-state index in [1.54, 1.807) is 0 Å². The summed E-state index contributed by atoms with van der Waals surface area (Å²) in [5, 5.41) is 3.32. The van der Waals surface area contributed by atoms with E-state index in [1.807, 2.05) is 0 Å². The van der Waals surface area contributed by atoms with Crippen LogP contribution in [0.2, 0.25) is 0 Å². The van der Waals surface area contributed by atoms with E-state index >= 15 is 0 Å². The summed E-state index contributed by atoms with van der Waals surface area (Å²) in [6, 6.07) is 1.31. The molecule has 1 aromatic rings. The predicted molar refractivity (Wildman–Crippen MR) is 105 cm³/mol. The molecule has 1 fully saturated rings. The Morgan fingerprint density at radius 1 is 1.33 bits per heavy atom. The number of hydrogen-bond acceptors (Lipinski definition) is 12. The van der Waals surface area contributed by atoms with Gasteiger partial charge in [0.15, 0.2) is 0 Å². The molecule has 6 atom stereocenters. The topological polar surface area (TPSA) is 288 Å². The molecule has 2 heterocycles. The van der Waals surface area contributed by atoms with Gasteiger partial charge < -0.3 is 34.8 Å². The second-order valence-electron chi connectivity index (χ2n) is 6.27. The van der Waals surface area contributed by atoms with Crippen molar-refractivity contribution in [1.29, 1.82) is 0 Å². The molecule has 1 aliphatic rings. The summed E-state index contributed by atoms with van der Waals surface area (Å²) >= 11 is 0. The number of rotatable bonds is 11. The molecule has 0 amide bonds. The molecule has 1 aliphatic heterocycles. The van der Waals surface area contributed by atoms with Gasteiger partial charge in [-0.3, -0.25) is 9.09 Å². The highest BCUT2D eigenvalue weighted by molar-refractivity contribution is 7.66. The lowest BCUT2D eigenvalue weighted by Gasteiger charge is -2.22. The lowest BCUT2D eigenvalue weighted by atomic mass is 10.2. The number of hydrogen-bond donors (Lipinski definition) is 5. The van der Waals surface area contributed by atoms with E-state index in [1.165, 1.54) is 19.2 Å². The lowest BCUT2D eigenvalue weighted by molar-refractivity contribution is -0.0757. The third kappa shape index (κ3) is 8.88. The van der Waals surface area contributed by atoms with Crippen LogP contribution in [-0.2, 0) is 36.3 Å². The average molecular weight is 536 g/mol. The third-order valence-electron chi connectivity index (χ3n) is 3.75. The van der Waals surface area contributed by atoms with E-state index in [-0.39, 0.29) is 12.2 Å². The minimum absolute atomic E-state index is 0.0526. The molecule has 19 nitrogen and oxygen atoms in total. The predicted octanol–water partition coefficient (Wildman–Crippen LogP) is 0.498. The van der Waals surface area contributed by atoms with Gasteiger partial charge in [0, 0.05) is 17.5 Å². The van der Waals surface area contributed by atoms with Gasteiger partial charge in [-0.1, -0.05) is 5.11 Å². The maximum atomic E-state index is 12.1. The van der Waals surface area contributed by atoms with E-state index < -0.39 is 60.4 Å². The number of phosphoric acid groups is 3. The summed E-state index contributed by atoms with van der Waals surface area (Å²) < 4.78 is 58.0. The Kier molecular flexibility index (Phi) is 8.95. The van der Waals surface area contributed by atoms with Crippen molar-refractivity contribution < 1.29 is 55.9 Å². The molecule has 1 aromatic heterocycles. The molecule has 6 N–H and O–H groups in total. The average Bonchev–Trinajstić information content (AvgIpc) is 2.99. The standard InChI is InChI=1S/C11H19N6O13P3/c1-6(15-16-13)27-7-4-10(17-3-2-9(12)14-11(17)18)28-8(7)5-26-32(22,23)30-33(24,25)29-31(19,20)21/h2-3,6-8,10H,4-5H2,1H3,(H,22,23)(H,24,25)(H2,12,14,18)(H2,19,20,21)/t6-,7-,8?,10?/m1/s1. The van der Waals surface area contributed by atoms with Gasteiger partial charge in [-0.2, -0.15) is 13.6 Å². The van der Waals surface area contributed by atoms with Gasteiger partial charge in [0.05, 0.1) is 12.7 Å². The fourth-order valence-electron chi connectivity index (χ4n) is 2.63. The third-order valence-corrected chi connectivity index (χ3v) is 7.55. The fourth-order valence-corrected chi connectivity index (χ4v) is 5.66. The largest absolute Gasteiger partial charge is 0.490 e. The van der Waals surface area contributed by atoms with Crippen LogP contribution in [0.4, 0.5) is 5.82 Å². The van der Waals surface area contributed by atoms with Crippen molar-refractivity contribution in [2.24, 2.45) is 5.11 Å². The monoisotopic (exact) mass is 536 g/mol. The van der Waals surface area contributed by atoms with Gasteiger partial charge in [0.1, 0.15) is 24.4 Å². The zero-order valence-corrected chi connectivity index (χ0v) is 19.2. The molecule has 0 aliphatic carbocycles. The van der Waals surface area contributed by atoms with Crippen LogP contribution in [0.5, 0.6) is 0 Å². The van der Waals surface area contributed by atoms with E-state index in [0.717, 1.165) is 4.57 Å². The molecule has 22 heteroatoms. The summed E-state index contributed by atoms with van der Waals surface area (Å²) in [5.41, 5.74) is 13.2. The molecule has 33 heavy (non-hydrogen) atoms. The summed E-state index contributed by atoms with van der Waals surface area (Å²) in [5.74, 6) is -0.0526. The van der Waals surface area contributed by atoms with Crippen LogP contribution in [0.25, 0.3) is 10.4 Å². The van der Waals surface area contributed by atoms with Crippen LogP contribution < -0.4 is 11.4 Å². The summed E-state index contributed by atoms with van der Waals surface area (Å²) in [7, 11) is -16.7. The highest BCUT2D eigenvalue weighted by Crippen LogP contribution is 2.66. The van der Waals surface area contributed by atoms with Gasteiger partial charge >= 0.3 is 29.2 Å². The second kappa shape index (κ2) is 10.7. The van der Waals surface area contributed by atoms with Crippen molar-refractivity contribution in [3.8, 4) is 0 Å². The van der Waals surface area contributed by atoms with Gasteiger partial charge in [0.25, 0.3) is 0 Å². The number of nitrogens with zero attached hydrogens (tertiary/aromatic N) is 5. The molecule has 0 aromatic carbocycles. The Morgan fingerprint density at radius 2 is 2.00 bits per heavy atom. The van der Waals surface area contributed by atoms with E-state index in [0.29, 0.717) is 0 Å². The Balaban J connectivity index is 2.15. The van der Waals surface area contributed by atoms with Crippen LogP contribution in [0.15, 0.2) is 22.2 Å². The Labute approximate surface area is 184 Å². The molecule has 0 spiro atoms. The van der Waals surface area contributed by atoms with Gasteiger partial charge in [0.2, 0.25) is 0 Å². The Morgan fingerprint density at radius 3 is 2.58 bits per heavy atom. The van der Waals surface area contributed by atoms with E-state index in [2.05, 4.69) is 28.2 Å². The highest BCUT2D eigenvalue weighted by Gasteiger charge is 2.43. The summed E-state index contributed by atoms with van der Waals surface area (Å²) in [4.78, 5) is 54.1. The van der Waals surface area contributed by atoms with Crippen LogP contribution in [0.3, 0.4) is 0 Å². The Hall–Kier alpha value is -1.68. The fraction of sp³-hybridized carbons (Fsp3) is 0.636. The number of azide groups is 1. The molecular weight excluding hydrogens is 517 g/mol. The maximum absolute atomic E-state index is 12.1. The first-order valence-electron chi connectivity index (χ1n) is 8.59. The number of aromatic nitrogens is 2. The molecule has 0 radical (unpaired) electrons. The van der Waals surface area contributed by atoms with Gasteiger partial charge in [-0.15, -0.1) is 0 Å². The molecular formula is C11H19N6O13P3. The van der Waals surface area contributed by atoms with Crippen LogP contribution >= 0.6 is 23.5 Å². The second-order valence-corrected chi connectivity index (χ2v) is 10.7. The van der Waals surface area contributed by atoms with Gasteiger partial charge in [-0.25, -0.2) is 18.5 Å². The van der Waals surface area contributed by atoms with Crippen molar-refractivity contribution in [2.75, 3.05) is 12.3 Å². The Bertz CT molecular complexity index is 1100. The van der Waals surface area contributed by atoms with Crippen molar-refractivity contribution in [3.63, 3.8) is 0 Å². The number of phosphoric ester groups is 1. The molecule has 186 valence electrons. The lowest BCUT2D eigenvalue weighted by Crippen LogP contribution is -2.31. The minimum Gasteiger partial charge on any atom is -0.383 e. The minimum atomic E-state index is -5.71. The summed E-state index contributed by atoms with van der Waals surface area (Å²) in [6.07, 6.45) is -3.05. The maximum Gasteiger partial charge on any atom is 0.490 e. The van der Waals surface area contributed by atoms with E-state index in [4.69, 9.17) is 30.5 Å². The van der Waals surface area contributed by atoms with Crippen molar-refractivity contribution in [2.45, 2.75) is 38.0 Å². The number of nitrogens with two attached hydrogens (primary N) is 1. The first-order chi connectivity index (χ1) is 15.1. The van der Waals surface area contributed by atoms with Gasteiger partial charge in [-0.05, 0) is 18.5 Å². The first-order valence-corrected chi connectivity index (χ1v) is 13.1. The van der Waals surface area contributed by atoms with Crippen LogP contribution in [0.1, 0.15) is 19.6 Å². The highest BCUT2D eigenvalue weighted by atomic mass is 31.3. The molecule has 2 rings (SSSR count). The normalized spacial score (nSPS) is 25.5.